The second kappa shape index (κ2) is 8.77. The molecular weight excluding hydrogens is 476 g/mol. The van der Waals surface area contributed by atoms with Crippen molar-refractivity contribution in [2.24, 2.45) is 4.99 Å². The Hall–Kier alpha value is -2.77. The molecule has 0 bridgehead atoms. The van der Waals surface area contributed by atoms with E-state index < -0.39 is 12.0 Å². The topological polar surface area (TPSA) is 60.7 Å². The van der Waals surface area contributed by atoms with Crippen LogP contribution < -0.4 is 14.9 Å². The molecule has 0 N–H and O–H groups in total. The fraction of sp³-hybridized carbons (Fsp3) is 0.208. The molecule has 0 saturated heterocycles. The Morgan fingerprint density at radius 2 is 1.90 bits per heavy atom. The smallest absolute Gasteiger partial charge is 0.338 e. The fourth-order valence-electron chi connectivity index (χ4n) is 3.59. The predicted octanol–water partition coefficient (Wildman–Crippen LogP) is 3.87. The Morgan fingerprint density at radius 3 is 2.58 bits per heavy atom. The van der Waals surface area contributed by atoms with E-state index in [-0.39, 0.29) is 12.2 Å². The van der Waals surface area contributed by atoms with E-state index in [0.717, 1.165) is 21.2 Å². The molecule has 1 aromatic heterocycles. The monoisotopic (exact) mass is 496 g/mol. The van der Waals surface area contributed by atoms with Crippen LogP contribution in [0.3, 0.4) is 0 Å². The predicted molar refractivity (Wildman–Crippen MR) is 126 cm³/mol. The first-order valence-corrected chi connectivity index (χ1v) is 11.5. The van der Waals surface area contributed by atoms with Crippen LogP contribution in [0.1, 0.15) is 36.6 Å². The second-order valence-electron chi connectivity index (χ2n) is 7.23. The van der Waals surface area contributed by atoms with Gasteiger partial charge in [0.05, 0.1) is 28.5 Å². The summed E-state index contributed by atoms with van der Waals surface area (Å²) in [6.45, 7) is 5.81. The van der Waals surface area contributed by atoms with Crippen molar-refractivity contribution in [3.8, 4) is 0 Å². The van der Waals surface area contributed by atoms with Crippen LogP contribution in [0.5, 0.6) is 0 Å². The third kappa shape index (κ3) is 4.07. The van der Waals surface area contributed by atoms with Gasteiger partial charge in [0.15, 0.2) is 4.80 Å². The van der Waals surface area contributed by atoms with Crippen LogP contribution >= 0.6 is 27.3 Å². The summed E-state index contributed by atoms with van der Waals surface area (Å²) in [5, 5.41) is 0. The number of esters is 1. The number of ether oxygens (including phenoxy) is 1. The molecule has 158 valence electrons. The van der Waals surface area contributed by atoms with Crippen LogP contribution in [0.25, 0.3) is 6.08 Å². The number of carbonyl (C=O) groups is 1. The number of nitrogens with zero attached hydrogens (tertiary/aromatic N) is 2. The molecule has 4 rings (SSSR count). The van der Waals surface area contributed by atoms with Crippen molar-refractivity contribution in [1.29, 1.82) is 0 Å². The SMILES string of the molecule is CCOC(=O)C1=C(C)N=c2s/c(=C/c3ccccc3Br)c(=O)n2[C@@H]1c1ccc(C)cc1. The van der Waals surface area contributed by atoms with Gasteiger partial charge in [0.25, 0.3) is 5.56 Å². The molecule has 2 heterocycles. The zero-order chi connectivity index (χ0) is 22.1. The number of halogens is 1. The molecule has 0 amide bonds. The van der Waals surface area contributed by atoms with Crippen LogP contribution in [0.2, 0.25) is 0 Å². The van der Waals surface area contributed by atoms with Gasteiger partial charge >= 0.3 is 5.97 Å². The highest BCUT2D eigenvalue weighted by Gasteiger charge is 2.33. The molecule has 2 aromatic carbocycles. The lowest BCUT2D eigenvalue weighted by Crippen LogP contribution is -2.39. The third-order valence-electron chi connectivity index (χ3n) is 5.10. The van der Waals surface area contributed by atoms with Gasteiger partial charge in [-0.25, -0.2) is 9.79 Å². The maximum absolute atomic E-state index is 13.5. The highest BCUT2D eigenvalue weighted by Crippen LogP contribution is 2.30. The fourth-order valence-corrected chi connectivity index (χ4v) is 5.03. The standard InChI is InChI=1S/C24H21BrN2O3S/c1-4-30-23(29)20-15(3)26-24-27(21(20)16-11-9-14(2)10-12-16)22(28)19(31-24)13-17-7-5-6-8-18(17)25/h5-13,21H,4H2,1-3H3/b19-13+/t21-/m1/s1. The summed E-state index contributed by atoms with van der Waals surface area (Å²) in [5.41, 5.74) is 3.63. The van der Waals surface area contributed by atoms with Gasteiger partial charge < -0.3 is 4.74 Å². The van der Waals surface area contributed by atoms with Crippen LogP contribution in [-0.4, -0.2) is 17.1 Å². The highest BCUT2D eigenvalue weighted by atomic mass is 79.9. The van der Waals surface area contributed by atoms with E-state index in [1.807, 2.05) is 61.5 Å². The van der Waals surface area contributed by atoms with Gasteiger partial charge in [0, 0.05) is 4.47 Å². The molecule has 0 saturated carbocycles. The summed E-state index contributed by atoms with van der Waals surface area (Å²) < 4.78 is 8.38. The molecule has 0 fully saturated rings. The zero-order valence-corrected chi connectivity index (χ0v) is 19.8. The second-order valence-corrected chi connectivity index (χ2v) is 9.10. The molecular formula is C24H21BrN2O3S. The molecule has 31 heavy (non-hydrogen) atoms. The Morgan fingerprint density at radius 1 is 1.19 bits per heavy atom. The summed E-state index contributed by atoms with van der Waals surface area (Å²) >= 11 is 4.85. The maximum atomic E-state index is 13.5. The van der Waals surface area contributed by atoms with E-state index in [9.17, 15) is 9.59 Å². The number of aromatic nitrogens is 1. The molecule has 0 aliphatic carbocycles. The molecule has 1 aliphatic rings. The average Bonchev–Trinajstić information content (AvgIpc) is 3.04. The first-order valence-electron chi connectivity index (χ1n) is 9.91. The molecule has 3 aromatic rings. The Labute approximate surface area is 192 Å². The van der Waals surface area contributed by atoms with Crippen molar-refractivity contribution in [3.05, 3.63) is 101 Å². The van der Waals surface area contributed by atoms with E-state index in [4.69, 9.17) is 4.74 Å². The zero-order valence-electron chi connectivity index (χ0n) is 17.4. The van der Waals surface area contributed by atoms with Crippen molar-refractivity contribution >= 4 is 39.3 Å². The Bertz CT molecular complexity index is 1370. The lowest BCUT2D eigenvalue weighted by molar-refractivity contribution is -0.139. The van der Waals surface area contributed by atoms with E-state index >= 15 is 0 Å². The number of hydrogen-bond donors (Lipinski definition) is 0. The number of rotatable bonds is 4. The molecule has 0 spiro atoms. The van der Waals surface area contributed by atoms with Gasteiger partial charge in [-0.2, -0.15) is 0 Å². The number of hydrogen-bond acceptors (Lipinski definition) is 5. The summed E-state index contributed by atoms with van der Waals surface area (Å²) in [5.74, 6) is -0.450. The van der Waals surface area contributed by atoms with E-state index in [1.165, 1.54) is 11.3 Å². The van der Waals surface area contributed by atoms with Crippen LogP contribution in [-0.2, 0) is 9.53 Å². The maximum Gasteiger partial charge on any atom is 0.338 e. The lowest BCUT2D eigenvalue weighted by Gasteiger charge is -2.24. The molecule has 1 atom stereocenters. The molecule has 0 unspecified atom stereocenters. The minimum Gasteiger partial charge on any atom is -0.463 e. The van der Waals surface area contributed by atoms with Gasteiger partial charge in [0.2, 0.25) is 0 Å². The van der Waals surface area contributed by atoms with Crippen LogP contribution in [0.4, 0.5) is 0 Å². The minimum absolute atomic E-state index is 0.181. The van der Waals surface area contributed by atoms with Gasteiger partial charge in [-0.05, 0) is 44.0 Å². The van der Waals surface area contributed by atoms with Gasteiger partial charge in [-0.3, -0.25) is 9.36 Å². The van der Waals surface area contributed by atoms with E-state index in [0.29, 0.717) is 20.6 Å². The first-order chi connectivity index (χ1) is 14.9. The quantitative estimate of drug-likeness (QED) is 0.515. The number of aryl methyl sites for hydroxylation is 1. The summed E-state index contributed by atoms with van der Waals surface area (Å²) in [4.78, 5) is 31.5. The molecule has 1 aliphatic heterocycles. The van der Waals surface area contributed by atoms with Crippen molar-refractivity contribution in [2.75, 3.05) is 6.61 Å². The average molecular weight is 497 g/mol. The summed E-state index contributed by atoms with van der Waals surface area (Å²) in [6.07, 6.45) is 1.85. The normalized spacial score (nSPS) is 16.1. The number of fused-ring (bicyclic) bond motifs is 1. The van der Waals surface area contributed by atoms with Crippen LogP contribution in [0, 0.1) is 6.92 Å². The number of carbonyl (C=O) groups excluding carboxylic acids is 1. The van der Waals surface area contributed by atoms with Gasteiger partial charge in [-0.1, -0.05) is 75.3 Å². The van der Waals surface area contributed by atoms with E-state index in [2.05, 4.69) is 20.9 Å². The summed E-state index contributed by atoms with van der Waals surface area (Å²) in [6, 6.07) is 15.0. The molecule has 0 radical (unpaired) electrons. The molecule has 7 heteroatoms. The first kappa shape index (κ1) is 21.5. The van der Waals surface area contributed by atoms with Crippen molar-refractivity contribution in [3.63, 3.8) is 0 Å². The molecule has 5 nitrogen and oxygen atoms in total. The van der Waals surface area contributed by atoms with Gasteiger partial charge in [-0.15, -0.1) is 0 Å². The Kier molecular flexibility index (Phi) is 6.07. The number of benzene rings is 2. The third-order valence-corrected chi connectivity index (χ3v) is 6.81. The van der Waals surface area contributed by atoms with E-state index in [1.54, 1.807) is 18.4 Å². The van der Waals surface area contributed by atoms with Crippen molar-refractivity contribution in [1.82, 2.24) is 4.57 Å². The van der Waals surface area contributed by atoms with Crippen molar-refractivity contribution < 1.29 is 9.53 Å². The minimum atomic E-state index is -0.586. The van der Waals surface area contributed by atoms with Crippen LogP contribution in [0.15, 0.2) is 74.1 Å². The summed E-state index contributed by atoms with van der Waals surface area (Å²) in [7, 11) is 0. The number of allylic oxidation sites excluding steroid dienone is 1. The number of thiazole rings is 1. The highest BCUT2D eigenvalue weighted by molar-refractivity contribution is 9.10. The van der Waals surface area contributed by atoms with Gasteiger partial charge in [0.1, 0.15) is 0 Å². The van der Waals surface area contributed by atoms with Crippen molar-refractivity contribution in [2.45, 2.75) is 26.8 Å². The Balaban J connectivity index is 1.97. The largest absolute Gasteiger partial charge is 0.463 e. The lowest BCUT2D eigenvalue weighted by atomic mass is 9.95.